The standard InChI is InChI=1S/C16H10.2ClH/c1-2-8-13-12(7-1)14-9-3-5-11-6-4-10-15(13)16(11)14;;/h1-10H;2*1H. The first-order valence-corrected chi connectivity index (χ1v) is 5.57. The quantitative estimate of drug-likeness (QED) is 0.407. The fourth-order valence-corrected chi connectivity index (χ4v) is 2.74. The summed E-state index contributed by atoms with van der Waals surface area (Å²) in [5, 5.41) is 2.75. The van der Waals surface area contributed by atoms with Crippen LogP contribution in [0.3, 0.4) is 0 Å². The van der Waals surface area contributed by atoms with Crippen molar-refractivity contribution in [3.8, 4) is 22.3 Å². The smallest absolute Gasteiger partial charge is 0.00264 e. The largest absolute Gasteiger partial charge is 0.147 e. The molecule has 0 aromatic heterocycles. The van der Waals surface area contributed by atoms with E-state index in [1.165, 1.54) is 33.0 Å². The van der Waals surface area contributed by atoms with E-state index in [2.05, 4.69) is 60.7 Å². The molecule has 0 N–H and O–H groups in total. The SMILES string of the molecule is Cl.Cl.c1ccc2c(c1)-c1cccc3cccc-2c13. The molecule has 0 atom stereocenters. The van der Waals surface area contributed by atoms with Crippen molar-refractivity contribution in [2.45, 2.75) is 0 Å². The van der Waals surface area contributed by atoms with Crippen LogP contribution in [0.15, 0.2) is 60.7 Å². The predicted molar refractivity (Wildman–Crippen MR) is 82.9 cm³/mol. The summed E-state index contributed by atoms with van der Waals surface area (Å²) in [6.07, 6.45) is 0. The predicted octanol–water partition coefficient (Wildman–Crippen LogP) is 5.33. The van der Waals surface area contributed by atoms with Crippen molar-refractivity contribution in [2.75, 3.05) is 0 Å². The molecule has 0 amide bonds. The van der Waals surface area contributed by atoms with Crippen LogP contribution in [0.2, 0.25) is 0 Å². The van der Waals surface area contributed by atoms with Gasteiger partial charge in [-0.1, -0.05) is 60.7 Å². The van der Waals surface area contributed by atoms with E-state index < -0.39 is 0 Å². The maximum absolute atomic E-state index is 2.22. The van der Waals surface area contributed by atoms with Gasteiger partial charge in [0, 0.05) is 0 Å². The maximum atomic E-state index is 2.22. The molecule has 3 aromatic rings. The zero-order chi connectivity index (χ0) is 10.5. The van der Waals surface area contributed by atoms with Gasteiger partial charge < -0.3 is 0 Å². The number of hydrogen-bond acceptors (Lipinski definition) is 0. The zero-order valence-corrected chi connectivity index (χ0v) is 11.2. The van der Waals surface area contributed by atoms with Gasteiger partial charge in [-0.15, -0.1) is 24.8 Å². The van der Waals surface area contributed by atoms with Crippen molar-refractivity contribution in [3.63, 3.8) is 0 Å². The first kappa shape index (κ1) is 12.9. The highest BCUT2D eigenvalue weighted by atomic mass is 35.5. The number of rotatable bonds is 0. The highest BCUT2D eigenvalue weighted by Crippen LogP contribution is 2.46. The summed E-state index contributed by atoms with van der Waals surface area (Å²) in [6.45, 7) is 0. The Morgan fingerprint density at radius 1 is 0.444 bits per heavy atom. The summed E-state index contributed by atoms with van der Waals surface area (Å²) in [5.74, 6) is 0. The Kier molecular flexibility index (Phi) is 3.34. The lowest BCUT2D eigenvalue weighted by Crippen LogP contribution is -1.73. The van der Waals surface area contributed by atoms with Crippen LogP contribution in [0, 0.1) is 0 Å². The van der Waals surface area contributed by atoms with E-state index >= 15 is 0 Å². The monoisotopic (exact) mass is 274 g/mol. The van der Waals surface area contributed by atoms with Crippen molar-refractivity contribution in [1.29, 1.82) is 0 Å². The van der Waals surface area contributed by atoms with Gasteiger partial charge in [0.05, 0.1) is 0 Å². The number of fused-ring (bicyclic) bond motifs is 3. The molecule has 1 aliphatic carbocycles. The molecule has 2 heteroatoms. The minimum absolute atomic E-state index is 0. The van der Waals surface area contributed by atoms with E-state index in [-0.39, 0.29) is 24.8 Å². The number of halogens is 2. The van der Waals surface area contributed by atoms with Crippen LogP contribution in [0.4, 0.5) is 0 Å². The van der Waals surface area contributed by atoms with Crippen molar-refractivity contribution < 1.29 is 0 Å². The molecule has 3 aromatic carbocycles. The first-order valence-electron chi connectivity index (χ1n) is 5.57. The molecule has 0 radical (unpaired) electrons. The Morgan fingerprint density at radius 3 is 1.39 bits per heavy atom. The van der Waals surface area contributed by atoms with E-state index in [0.29, 0.717) is 0 Å². The Hall–Kier alpha value is -1.50. The molecule has 0 unspecified atom stereocenters. The molecule has 0 spiro atoms. The lowest BCUT2D eigenvalue weighted by molar-refractivity contribution is 1.70. The fourth-order valence-electron chi connectivity index (χ4n) is 2.74. The van der Waals surface area contributed by atoms with E-state index in [0.717, 1.165) is 0 Å². The molecule has 0 saturated carbocycles. The normalized spacial score (nSPS) is 10.4. The lowest BCUT2D eigenvalue weighted by Gasteiger charge is -2.00. The third-order valence-electron chi connectivity index (χ3n) is 3.41. The fraction of sp³-hybridized carbons (Fsp3) is 0. The van der Waals surface area contributed by atoms with Crippen LogP contribution in [-0.2, 0) is 0 Å². The molecule has 90 valence electrons. The van der Waals surface area contributed by atoms with Crippen LogP contribution in [-0.4, -0.2) is 0 Å². The third kappa shape index (κ3) is 1.53. The molecule has 4 rings (SSSR count). The molecule has 0 bridgehead atoms. The van der Waals surface area contributed by atoms with Gasteiger partial charge in [-0.2, -0.15) is 0 Å². The van der Waals surface area contributed by atoms with Gasteiger partial charge in [0.25, 0.3) is 0 Å². The summed E-state index contributed by atoms with van der Waals surface area (Å²) in [5.41, 5.74) is 5.50. The third-order valence-corrected chi connectivity index (χ3v) is 3.41. The molecule has 0 heterocycles. The van der Waals surface area contributed by atoms with Gasteiger partial charge in [0.2, 0.25) is 0 Å². The second-order valence-electron chi connectivity index (χ2n) is 4.25. The van der Waals surface area contributed by atoms with Gasteiger partial charge in [0.15, 0.2) is 0 Å². The molecular weight excluding hydrogens is 263 g/mol. The minimum Gasteiger partial charge on any atom is -0.147 e. The van der Waals surface area contributed by atoms with Crippen LogP contribution < -0.4 is 0 Å². The van der Waals surface area contributed by atoms with Gasteiger partial charge in [-0.05, 0) is 33.0 Å². The van der Waals surface area contributed by atoms with E-state index in [1.54, 1.807) is 0 Å². The summed E-state index contributed by atoms with van der Waals surface area (Å²) in [7, 11) is 0. The lowest BCUT2D eigenvalue weighted by atomic mass is 10.0. The molecule has 0 saturated heterocycles. The van der Waals surface area contributed by atoms with E-state index in [9.17, 15) is 0 Å². The van der Waals surface area contributed by atoms with Crippen LogP contribution in [0.1, 0.15) is 0 Å². The first-order chi connectivity index (χ1) is 7.95. The highest BCUT2D eigenvalue weighted by molar-refractivity contribution is 6.15. The van der Waals surface area contributed by atoms with Gasteiger partial charge >= 0.3 is 0 Å². The van der Waals surface area contributed by atoms with Crippen molar-refractivity contribution in [3.05, 3.63) is 60.7 Å². The Morgan fingerprint density at radius 2 is 0.889 bits per heavy atom. The summed E-state index contributed by atoms with van der Waals surface area (Å²) in [6, 6.07) is 21.8. The average Bonchev–Trinajstić information content (AvgIpc) is 2.68. The van der Waals surface area contributed by atoms with Crippen molar-refractivity contribution in [2.24, 2.45) is 0 Å². The Balaban J connectivity index is 0.000000602. The number of benzene rings is 3. The highest BCUT2D eigenvalue weighted by Gasteiger charge is 2.19. The van der Waals surface area contributed by atoms with Crippen LogP contribution in [0.25, 0.3) is 33.0 Å². The van der Waals surface area contributed by atoms with E-state index in [1.807, 2.05) is 0 Å². The van der Waals surface area contributed by atoms with Crippen LogP contribution >= 0.6 is 24.8 Å². The molecular formula is C16H12Cl2. The second-order valence-corrected chi connectivity index (χ2v) is 4.25. The molecule has 1 aliphatic rings. The molecule has 0 aliphatic heterocycles. The van der Waals surface area contributed by atoms with Gasteiger partial charge in [-0.3, -0.25) is 0 Å². The minimum atomic E-state index is 0. The Labute approximate surface area is 118 Å². The number of hydrogen-bond donors (Lipinski definition) is 0. The summed E-state index contributed by atoms with van der Waals surface area (Å²) in [4.78, 5) is 0. The topological polar surface area (TPSA) is 0 Å². The molecule has 18 heavy (non-hydrogen) atoms. The maximum Gasteiger partial charge on any atom is -0.00264 e. The Bertz CT molecular complexity index is 659. The van der Waals surface area contributed by atoms with Crippen molar-refractivity contribution in [1.82, 2.24) is 0 Å². The van der Waals surface area contributed by atoms with Gasteiger partial charge in [0.1, 0.15) is 0 Å². The second kappa shape index (κ2) is 4.64. The average molecular weight is 275 g/mol. The van der Waals surface area contributed by atoms with Crippen molar-refractivity contribution >= 4 is 35.6 Å². The van der Waals surface area contributed by atoms with Crippen LogP contribution in [0.5, 0.6) is 0 Å². The zero-order valence-electron chi connectivity index (χ0n) is 9.59. The molecule has 0 fully saturated rings. The summed E-state index contributed by atoms with van der Waals surface area (Å²) < 4.78 is 0. The van der Waals surface area contributed by atoms with E-state index in [4.69, 9.17) is 0 Å². The molecule has 0 nitrogen and oxygen atoms in total. The summed E-state index contributed by atoms with van der Waals surface area (Å²) >= 11 is 0. The van der Waals surface area contributed by atoms with Gasteiger partial charge in [-0.25, -0.2) is 0 Å².